The van der Waals surface area contributed by atoms with Crippen LogP contribution in [0.15, 0.2) is 28.8 Å². The third kappa shape index (κ3) is 2.47. The zero-order valence-electron chi connectivity index (χ0n) is 11.5. The molecule has 0 radical (unpaired) electrons. The lowest BCUT2D eigenvalue weighted by Crippen LogP contribution is -2.50. The van der Waals surface area contributed by atoms with E-state index >= 15 is 0 Å². The van der Waals surface area contributed by atoms with E-state index in [1.54, 1.807) is 0 Å². The van der Waals surface area contributed by atoms with Crippen LogP contribution in [-0.4, -0.2) is 41.8 Å². The molecule has 2 heterocycles. The smallest absolute Gasteiger partial charge is 0.249 e. The number of ether oxygens (including phenoxy) is 1. The molecule has 2 aromatic rings. The van der Waals surface area contributed by atoms with Gasteiger partial charge in [-0.25, -0.2) is 0 Å². The minimum atomic E-state index is -0.356. The second-order valence-corrected chi connectivity index (χ2v) is 6.43. The van der Waals surface area contributed by atoms with Crippen LogP contribution in [0.25, 0.3) is 11.4 Å². The molecule has 1 fully saturated rings. The topological polar surface area (TPSA) is 51.4 Å². The van der Waals surface area contributed by atoms with Gasteiger partial charge in [-0.3, -0.25) is 4.90 Å². The zero-order chi connectivity index (χ0) is 14.2. The minimum Gasteiger partial charge on any atom is -0.378 e. The highest BCUT2D eigenvalue weighted by Crippen LogP contribution is 2.30. The van der Waals surface area contributed by atoms with Crippen molar-refractivity contribution < 1.29 is 9.26 Å². The molecule has 0 aliphatic carbocycles. The van der Waals surface area contributed by atoms with Gasteiger partial charge < -0.3 is 9.26 Å². The number of likely N-dealkylation sites (N-methyl/N-ethyl adjacent to an activating group) is 1. The molecule has 106 valence electrons. The summed E-state index contributed by atoms with van der Waals surface area (Å²) in [6.07, 6.45) is 0. The van der Waals surface area contributed by atoms with Crippen LogP contribution < -0.4 is 0 Å². The Bertz CT molecular complexity index is 616. The standard InChI is InChI=1S/C14H16IN3O2/c1-14(9-19-7-6-18(14)2)13-16-12(17-20-13)10-4-3-5-11(15)8-10/h3-5,8H,6-7,9H2,1-2H3. The largest absolute Gasteiger partial charge is 0.378 e. The molecule has 6 heteroatoms. The van der Waals surface area contributed by atoms with Crippen LogP contribution >= 0.6 is 22.6 Å². The first-order valence-electron chi connectivity index (χ1n) is 6.49. The predicted molar refractivity (Wildman–Crippen MR) is 83.3 cm³/mol. The molecule has 5 nitrogen and oxygen atoms in total. The van der Waals surface area contributed by atoms with Crippen LogP contribution in [0.4, 0.5) is 0 Å². The molecule has 0 bridgehead atoms. The van der Waals surface area contributed by atoms with Gasteiger partial charge in [0.15, 0.2) is 0 Å². The van der Waals surface area contributed by atoms with E-state index in [1.165, 1.54) is 0 Å². The van der Waals surface area contributed by atoms with E-state index in [0.29, 0.717) is 18.3 Å². The van der Waals surface area contributed by atoms with Gasteiger partial charge in [-0.1, -0.05) is 17.3 Å². The molecule has 0 saturated carbocycles. The number of rotatable bonds is 2. The first kappa shape index (κ1) is 14.0. The molecule has 1 unspecified atom stereocenters. The van der Waals surface area contributed by atoms with Gasteiger partial charge in [0.2, 0.25) is 11.7 Å². The second kappa shape index (κ2) is 5.42. The number of nitrogens with zero attached hydrogens (tertiary/aromatic N) is 3. The number of benzene rings is 1. The maximum atomic E-state index is 5.57. The highest BCUT2D eigenvalue weighted by molar-refractivity contribution is 14.1. The van der Waals surface area contributed by atoms with Gasteiger partial charge in [0, 0.05) is 15.7 Å². The van der Waals surface area contributed by atoms with Gasteiger partial charge in [0.25, 0.3) is 0 Å². The van der Waals surface area contributed by atoms with Crippen molar-refractivity contribution >= 4 is 22.6 Å². The summed E-state index contributed by atoms with van der Waals surface area (Å²) in [6.45, 7) is 4.23. The van der Waals surface area contributed by atoms with E-state index in [4.69, 9.17) is 9.26 Å². The molecule has 1 atom stereocenters. The fourth-order valence-corrected chi connectivity index (χ4v) is 2.78. The lowest BCUT2D eigenvalue weighted by atomic mass is 10.0. The normalized spacial score (nSPS) is 23.9. The Morgan fingerprint density at radius 2 is 2.25 bits per heavy atom. The van der Waals surface area contributed by atoms with E-state index in [1.807, 2.05) is 24.3 Å². The molecule has 20 heavy (non-hydrogen) atoms. The monoisotopic (exact) mass is 385 g/mol. The highest BCUT2D eigenvalue weighted by atomic mass is 127. The lowest BCUT2D eigenvalue weighted by Gasteiger charge is -2.39. The fraction of sp³-hybridized carbons (Fsp3) is 0.429. The van der Waals surface area contributed by atoms with Gasteiger partial charge in [0.1, 0.15) is 5.54 Å². The van der Waals surface area contributed by atoms with Crippen molar-refractivity contribution in [1.29, 1.82) is 0 Å². The molecule has 1 aromatic carbocycles. The van der Waals surface area contributed by atoms with Crippen LogP contribution in [0.3, 0.4) is 0 Å². The summed E-state index contributed by atoms with van der Waals surface area (Å²) in [5.41, 5.74) is 0.612. The highest BCUT2D eigenvalue weighted by Gasteiger charge is 2.40. The Morgan fingerprint density at radius 3 is 3.00 bits per heavy atom. The SMILES string of the molecule is CN1CCOCC1(C)c1nc(-c2cccc(I)c2)no1. The van der Waals surface area contributed by atoms with Gasteiger partial charge in [0.05, 0.1) is 13.2 Å². The van der Waals surface area contributed by atoms with Crippen LogP contribution in [0.2, 0.25) is 0 Å². The minimum absolute atomic E-state index is 0.356. The summed E-state index contributed by atoms with van der Waals surface area (Å²) in [7, 11) is 2.05. The number of halogens is 1. The number of hydrogen-bond donors (Lipinski definition) is 0. The van der Waals surface area contributed by atoms with Crippen LogP contribution in [0.1, 0.15) is 12.8 Å². The average Bonchev–Trinajstić information content (AvgIpc) is 2.93. The van der Waals surface area contributed by atoms with Gasteiger partial charge in [-0.05, 0) is 48.7 Å². The third-order valence-corrected chi connectivity index (χ3v) is 4.44. The van der Waals surface area contributed by atoms with Gasteiger partial charge >= 0.3 is 0 Å². The fourth-order valence-electron chi connectivity index (χ4n) is 2.24. The van der Waals surface area contributed by atoms with Crippen LogP contribution in [-0.2, 0) is 10.3 Å². The van der Waals surface area contributed by atoms with E-state index < -0.39 is 0 Å². The summed E-state index contributed by atoms with van der Waals surface area (Å²) < 4.78 is 12.2. The molecular formula is C14H16IN3O2. The summed E-state index contributed by atoms with van der Waals surface area (Å²) in [6, 6.07) is 8.05. The predicted octanol–water partition coefficient (Wildman–Crippen LogP) is 2.52. The number of hydrogen-bond acceptors (Lipinski definition) is 5. The maximum absolute atomic E-state index is 5.57. The Morgan fingerprint density at radius 1 is 1.40 bits per heavy atom. The quantitative estimate of drug-likeness (QED) is 0.744. The average molecular weight is 385 g/mol. The Hall–Kier alpha value is -0.990. The van der Waals surface area contributed by atoms with Gasteiger partial charge in [-0.2, -0.15) is 4.98 Å². The van der Waals surface area contributed by atoms with Crippen molar-refractivity contribution in [2.75, 3.05) is 26.8 Å². The molecule has 1 aliphatic heterocycles. The first-order chi connectivity index (χ1) is 9.59. The van der Waals surface area contributed by atoms with Crippen molar-refractivity contribution in [3.63, 3.8) is 0 Å². The van der Waals surface area contributed by atoms with Crippen molar-refractivity contribution in [2.24, 2.45) is 0 Å². The molecule has 1 aliphatic rings. The maximum Gasteiger partial charge on any atom is 0.249 e. The Labute approximate surface area is 131 Å². The molecule has 0 amide bonds. The molecule has 3 rings (SSSR count). The Balaban J connectivity index is 1.94. The van der Waals surface area contributed by atoms with Crippen LogP contribution in [0.5, 0.6) is 0 Å². The van der Waals surface area contributed by atoms with Crippen LogP contribution in [0, 0.1) is 3.57 Å². The van der Waals surface area contributed by atoms with Crippen molar-refractivity contribution in [2.45, 2.75) is 12.5 Å². The number of morpholine rings is 1. The summed E-state index contributed by atoms with van der Waals surface area (Å²) in [5.74, 6) is 1.23. The molecule has 0 N–H and O–H groups in total. The Kier molecular flexibility index (Phi) is 3.78. The summed E-state index contributed by atoms with van der Waals surface area (Å²) in [4.78, 5) is 6.76. The molecule has 1 saturated heterocycles. The van der Waals surface area contributed by atoms with Gasteiger partial charge in [-0.15, -0.1) is 0 Å². The first-order valence-corrected chi connectivity index (χ1v) is 7.56. The van der Waals surface area contributed by atoms with E-state index in [0.717, 1.165) is 22.3 Å². The number of aromatic nitrogens is 2. The van der Waals surface area contributed by atoms with Crippen molar-refractivity contribution in [3.8, 4) is 11.4 Å². The lowest BCUT2D eigenvalue weighted by molar-refractivity contribution is -0.0642. The van der Waals surface area contributed by atoms with E-state index in [-0.39, 0.29) is 5.54 Å². The third-order valence-electron chi connectivity index (χ3n) is 3.77. The zero-order valence-corrected chi connectivity index (χ0v) is 13.6. The second-order valence-electron chi connectivity index (χ2n) is 5.18. The molecule has 0 spiro atoms. The molecular weight excluding hydrogens is 369 g/mol. The van der Waals surface area contributed by atoms with Crippen molar-refractivity contribution in [1.82, 2.24) is 15.0 Å². The van der Waals surface area contributed by atoms with Crippen molar-refractivity contribution in [3.05, 3.63) is 33.7 Å². The summed E-state index contributed by atoms with van der Waals surface area (Å²) >= 11 is 2.27. The van der Waals surface area contributed by atoms with E-state index in [9.17, 15) is 0 Å². The molecule has 1 aromatic heterocycles. The van der Waals surface area contributed by atoms with E-state index in [2.05, 4.69) is 51.6 Å². The summed E-state index contributed by atoms with van der Waals surface area (Å²) in [5, 5.41) is 4.11.